The number of esters is 1. The van der Waals surface area contributed by atoms with Gasteiger partial charge in [-0.2, -0.15) is 13.2 Å². The van der Waals surface area contributed by atoms with E-state index in [2.05, 4.69) is 44.4 Å². The Hall–Kier alpha value is -0.954. The Labute approximate surface area is 226 Å². The van der Waals surface area contributed by atoms with Crippen LogP contribution in [-0.2, 0) is 46.5 Å². The molecular formula is C27H38F3O4OsP. The first kappa shape index (κ1) is 31.3. The monoisotopic (exact) mass is 706 g/mol. The summed E-state index contributed by atoms with van der Waals surface area (Å²) in [6.07, 6.45) is 9.34. The molecule has 3 atom stereocenters. The van der Waals surface area contributed by atoms with Crippen LogP contribution in [0.2, 0.25) is 0 Å². The summed E-state index contributed by atoms with van der Waals surface area (Å²) in [5, 5.41) is 0. The summed E-state index contributed by atoms with van der Waals surface area (Å²) >= 11 is 0. The maximum Gasteiger partial charge on any atom is 0.462 e. The van der Waals surface area contributed by atoms with E-state index < -0.39 is 26.5 Å². The second-order valence-electron chi connectivity index (χ2n) is 10.7. The van der Waals surface area contributed by atoms with Gasteiger partial charge < -0.3 is 9.26 Å². The molecule has 2 unspecified atom stereocenters. The number of benzene rings is 1. The van der Waals surface area contributed by atoms with Gasteiger partial charge in [-0.1, -0.05) is 51.3 Å². The van der Waals surface area contributed by atoms with Crippen LogP contribution < -0.4 is 4.74 Å². The van der Waals surface area contributed by atoms with Crippen LogP contribution in [0.15, 0.2) is 23.8 Å². The van der Waals surface area contributed by atoms with Gasteiger partial charge in [0.15, 0.2) is 0 Å². The largest absolute Gasteiger partial charge is 0.462 e. The Bertz CT molecular complexity index is 975. The number of allylic oxidation sites excluding steroid dienone is 2. The van der Waals surface area contributed by atoms with Crippen LogP contribution >= 0.6 is 8.03 Å². The first-order valence-corrected chi connectivity index (χ1v) is 14.0. The number of unbranched alkanes of at least 4 members (excludes halogenated alkanes) is 2. The van der Waals surface area contributed by atoms with Gasteiger partial charge in [-0.3, -0.25) is 9.36 Å². The summed E-state index contributed by atoms with van der Waals surface area (Å²) in [6, 6.07) is 4.28. The Balaban J connectivity index is 0.00000456. The zero-order valence-electron chi connectivity index (χ0n) is 21.6. The molecule has 9 heteroatoms. The zero-order valence-corrected chi connectivity index (χ0v) is 25.1. The minimum Gasteiger partial charge on any atom is -0.426 e. The molecule has 0 heterocycles. The molecule has 0 aliphatic heterocycles. The van der Waals surface area contributed by atoms with Gasteiger partial charge in [0, 0.05) is 31.8 Å². The standard InChI is InChI=1S/C27H38F3O4P.Os/c1-5-6-7-9-19-15-20-17-26(3,4)22-12-11-18(2)14-21(22)25(20)23(16-19)34-24(31)10-8-13-33-35(32)27(28,29)30;/h11,15-16,21-22,35H,5-10,12-14,17H2,1-4H3;/t21?,22-;/m1./s1. The first-order chi connectivity index (χ1) is 16.4. The van der Waals surface area contributed by atoms with Crippen LogP contribution in [-0.4, -0.2) is 18.5 Å². The molecule has 1 aromatic carbocycles. The van der Waals surface area contributed by atoms with Crippen molar-refractivity contribution in [2.75, 3.05) is 6.61 Å². The van der Waals surface area contributed by atoms with E-state index in [0.29, 0.717) is 11.7 Å². The molecule has 0 saturated heterocycles. The van der Waals surface area contributed by atoms with Crippen molar-refractivity contribution in [1.82, 2.24) is 0 Å². The van der Waals surface area contributed by atoms with Crippen LogP contribution in [0.3, 0.4) is 0 Å². The summed E-state index contributed by atoms with van der Waals surface area (Å²) < 4.78 is 58.4. The molecule has 2 aliphatic carbocycles. The van der Waals surface area contributed by atoms with Gasteiger partial charge in [-0.05, 0) is 79.9 Å². The van der Waals surface area contributed by atoms with Crippen LogP contribution in [0.4, 0.5) is 13.2 Å². The third-order valence-electron chi connectivity index (χ3n) is 7.34. The van der Waals surface area contributed by atoms with Crippen molar-refractivity contribution in [3.8, 4) is 5.75 Å². The number of rotatable bonds is 10. The molecule has 0 aromatic heterocycles. The Morgan fingerprint density at radius 1 is 1.19 bits per heavy atom. The number of halogens is 3. The topological polar surface area (TPSA) is 52.6 Å². The van der Waals surface area contributed by atoms with Crippen molar-refractivity contribution in [1.29, 1.82) is 0 Å². The van der Waals surface area contributed by atoms with Crippen LogP contribution in [0.1, 0.15) is 95.2 Å². The molecule has 2 aliphatic rings. The normalized spacial score (nSPS) is 21.5. The van der Waals surface area contributed by atoms with Crippen molar-refractivity contribution in [2.24, 2.45) is 11.3 Å². The van der Waals surface area contributed by atoms with Gasteiger partial charge in [-0.15, -0.1) is 0 Å². The molecule has 0 spiro atoms. The number of alkyl halides is 3. The second-order valence-corrected chi connectivity index (χ2v) is 12.1. The summed E-state index contributed by atoms with van der Waals surface area (Å²) in [5.41, 5.74) is 4.99. The SMILES string of the molecule is CCCCCc1cc2c(c(OC(=O)CCCO[PH](=O)C(F)(F)F)c1)C1CC(C)=CC[C@H]1C(C)(C)C2.[Os]. The average Bonchev–Trinajstić information content (AvgIpc) is 2.75. The van der Waals surface area contributed by atoms with Gasteiger partial charge >= 0.3 is 11.9 Å². The molecule has 0 fully saturated rings. The van der Waals surface area contributed by atoms with Crippen LogP contribution in [0.5, 0.6) is 5.75 Å². The predicted molar refractivity (Wildman–Crippen MR) is 132 cm³/mol. The van der Waals surface area contributed by atoms with Crippen molar-refractivity contribution < 1.29 is 51.6 Å². The molecule has 0 bridgehead atoms. The van der Waals surface area contributed by atoms with Gasteiger partial charge in [0.25, 0.3) is 8.03 Å². The van der Waals surface area contributed by atoms with E-state index in [4.69, 9.17) is 4.74 Å². The maximum atomic E-state index is 12.7. The molecule has 4 nitrogen and oxygen atoms in total. The van der Waals surface area contributed by atoms with Crippen LogP contribution in [0, 0.1) is 11.3 Å². The summed E-state index contributed by atoms with van der Waals surface area (Å²) in [4.78, 5) is 12.7. The zero-order chi connectivity index (χ0) is 25.8. The molecule has 204 valence electrons. The molecule has 0 N–H and O–H groups in total. The molecular weight excluding hydrogens is 666 g/mol. The number of aryl methyl sites for hydroxylation is 1. The number of hydrogen-bond donors (Lipinski definition) is 0. The fraction of sp³-hybridized carbons (Fsp3) is 0.667. The van der Waals surface area contributed by atoms with E-state index in [0.717, 1.165) is 56.1 Å². The van der Waals surface area contributed by atoms with E-state index in [9.17, 15) is 22.5 Å². The summed E-state index contributed by atoms with van der Waals surface area (Å²) in [7, 11) is -4.13. The molecule has 36 heavy (non-hydrogen) atoms. The van der Waals surface area contributed by atoms with Crippen molar-refractivity contribution >= 4 is 14.0 Å². The smallest absolute Gasteiger partial charge is 0.426 e. The summed E-state index contributed by atoms with van der Waals surface area (Å²) in [6.45, 7) is 8.56. The number of carbonyl (C=O) groups is 1. The van der Waals surface area contributed by atoms with E-state index in [-0.39, 0.29) is 44.0 Å². The molecule has 0 saturated carbocycles. The fourth-order valence-corrected chi connectivity index (χ4v) is 6.11. The number of carbonyl (C=O) groups excluding carboxylic acids is 1. The van der Waals surface area contributed by atoms with E-state index in [1.807, 2.05) is 6.07 Å². The van der Waals surface area contributed by atoms with E-state index >= 15 is 0 Å². The molecule has 3 rings (SSSR count). The van der Waals surface area contributed by atoms with Crippen LogP contribution in [0.25, 0.3) is 0 Å². The molecule has 1 aromatic rings. The Kier molecular flexibility index (Phi) is 11.5. The van der Waals surface area contributed by atoms with E-state index in [1.54, 1.807) is 0 Å². The Morgan fingerprint density at radius 2 is 1.92 bits per heavy atom. The second kappa shape index (κ2) is 13.2. The van der Waals surface area contributed by atoms with Crippen molar-refractivity contribution in [2.45, 2.75) is 97.3 Å². The number of ether oxygens (including phenoxy) is 1. The first-order valence-electron chi connectivity index (χ1n) is 12.7. The van der Waals surface area contributed by atoms with Crippen molar-refractivity contribution in [3.05, 3.63) is 40.5 Å². The number of hydrogen-bond acceptors (Lipinski definition) is 4. The third kappa shape index (κ3) is 8.02. The average molecular weight is 705 g/mol. The van der Waals surface area contributed by atoms with E-state index in [1.165, 1.54) is 11.1 Å². The Morgan fingerprint density at radius 3 is 2.58 bits per heavy atom. The quantitative estimate of drug-likeness (QED) is 0.0812. The molecule has 0 radical (unpaired) electrons. The van der Waals surface area contributed by atoms with Gasteiger partial charge in [-0.25, -0.2) is 0 Å². The maximum absolute atomic E-state index is 12.7. The van der Waals surface area contributed by atoms with Gasteiger partial charge in [0.1, 0.15) is 5.75 Å². The van der Waals surface area contributed by atoms with Crippen molar-refractivity contribution in [3.63, 3.8) is 0 Å². The predicted octanol–water partition coefficient (Wildman–Crippen LogP) is 8.14. The third-order valence-corrected chi connectivity index (χ3v) is 8.27. The van der Waals surface area contributed by atoms with Gasteiger partial charge in [0.2, 0.25) is 0 Å². The fourth-order valence-electron chi connectivity index (χ4n) is 5.61. The minimum atomic E-state index is -4.85. The number of fused-ring (bicyclic) bond motifs is 3. The minimum absolute atomic E-state index is 0. The molecule has 0 amide bonds. The van der Waals surface area contributed by atoms with Gasteiger partial charge in [0.05, 0.1) is 6.61 Å². The summed E-state index contributed by atoms with van der Waals surface area (Å²) in [5.74, 6) is -4.02.